The topological polar surface area (TPSA) is 55.8 Å². The molecule has 0 spiro atoms. The second-order valence-corrected chi connectivity index (χ2v) is 9.72. The highest BCUT2D eigenvalue weighted by Gasteiger charge is 2.27. The first-order chi connectivity index (χ1) is 16.7. The van der Waals surface area contributed by atoms with E-state index >= 15 is 0 Å². The number of hydrogen-bond donors (Lipinski definition) is 1. The summed E-state index contributed by atoms with van der Waals surface area (Å²) in [6, 6.07) is 23.0. The van der Waals surface area contributed by atoms with Gasteiger partial charge in [0.25, 0.3) is 0 Å². The summed E-state index contributed by atoms with van der Waals surface area (Å²) in [4.78, 5) is 10.8. The third-order valence-electron chi connectivity index (χ3n) is 6.66. The van der Waals surface area contributed by atoms with E-state index in [1.807, 2.05) is 31.2 Å². The van der Waals surface area contributed by atoms with Crippen molar-refractivity contribution in [3.05, 3.63) is 94.5 Å². The number of carboxylic acids is 1. The van der Waals surface area contributed by atoms with E-state index in [1.165, 1.54) is 16.7 Å². The van der Waals surface area contributed by atoms with Gasteiger partial charge in [-0.05, 0) is 67.1 Å². The van der Waals surface area contributed by atoms with Crippen LogP contribution in [0.25, 0.3) is 0 Å². The molecule has 0 amide bonds. The Labute approximate surface area is 209 Å². The molecule has 1 N–H and O–H groups in total. The maximum atomic E-state index is 10.8. The highest BCUT2D eigenvalue weighted by Crippen LogP contribution is 2.38. The highest BCUT2D eigenvalue weighted by atomic mass is 16.5. The minimum absolute atomic E-state index is 0.0104. The molecule has 0 aliphatic rings. The Bertz CT molecular complexity index is 1120. The Kier molecular flexibility index (Phi) is 8.97. The lowest BCUT2D eigenvalue weighted by atomic mass is 9.77. The molecule has 0 aliphatic carbocycles. The number of ether oxygens (including phenoxy) is 2. The molecule has 0 fully saturated rings. The fraction of sp³-hybridized carbons (Fsp3) is 0.387. The van der Waals surface area contributed by atoms with E-state index in [0.29, 0.717) is 13.0 Å². The summed E-state index contributed by atoms with van der Waals surface area (Å²) >= 11 is 0. The van der Waals surface area contributed by atoms with Crippen LogP contribution in [0, 0.1) is 6.92 Å². The molecule has 0 aromatic heterocycles. The Morgan fingerprint density at radius 2 is 1.77 bits per heavy atom. The predicted octanol–water partition coefficient (Wildman–Crippen LogP) is 7.14. The highest BCUT2D eigenvalue weighted by molar-refractivity contribution is 5.67. The van der Waals surface area contributed by atoms with Crippen LogP contribution in [-0.2, 0) is 23.1 Å². The maximum Gasteiger partial charge on any atom is 0.303 e. The fourth-order valence-corrected chi connectivity index (χ4v) is 4.30. The van der Waals surface area contributed by atoms with Gasteiger partial charge in [0.15, 0.2) is 0 Å². The molecule has 0 aliphatic heterocycles. The lowest BCUT2D eigenvalue weighted by Crippen LogP contribution is -2.23. The van der Waals surface area contributed by atoms with Gasteiger partial charge in [-0.25, -0.2) is 0 Å². The van der Waals surface area contributed by atoms with E-state index < -0.39 is 5.97 Å². The molecule has 0 radical (unpaired) electrons. The predicted molar refractivity (Wildman–Crippen MR) is 142 cm³/mol. The second kappa shape index (κ2) is 11.9. The molecule has 0 heterocycles. The molecule has 0 saturated carbocycles. The van der Waals surface area contributed by atoms with Crippen LogP contribution < -0.4 is 9.47 Å². The van der Waals surface area contributed by atoms with Gasteiger partial charge in [-0.15, -0.1) is 0 Å². The summed E-state index contributed by atoms with van der Waals surface area (Å²) in [5.74, 6) is 0.938. The van der Waals surface area contributed by atoms with Crippen molar-refractivity contribution in [3.63, 3.8) is 0 Å². The number of carbonyl (C=O) groups is 1. The van der Waals surface area contributed by atoms with Gasteiger partial charge in [-0.2, -0.15) is 0 Å². The molecule has 186 valence electrons. The van der Waals surface area contributed by atoms with Gasteiger partial charge < -0.3 is 14.6 Å². The third-order valence-corrected chi connectivity index (χ3v) is 6.66. The molecule has 1 atom stereocenters. The molecule has 3 aromatic carbocycles. The Balaban J connectivity index is 1.65. The van der Waals surface area contributed by atoms with Crippen molar-refractivity contribution in [3.8, 4) is 11.5 Å². The van der Waals surface area contributed by atoms with Gasteiger partial charge in [-0.3, -0.25) is 4.79 Å². The number of aryl methyl sites for hydroxylation is 3. The zero-order valence-corrected chi connectivity index (χ0v) is 21.6. The van der Waals surface area contributed by atoms with Crippen LogP contribution in [0.4, 0.5) is 0 Å². The van der Waals surface area contributed by atoms with Crippen molar-refractivity contribution in [1.29, 1.82) is 0 Å². The van der Waals surface area contributed by atoms with Crippen LogP contribution in [0.3, 0.4) is 0 Å². The average molecular weight is 475 g/mol. The minimum Gasteiger partial charge on any atom is -0.493 e. The van der Waals surface area contributed by atoms with Crippen molar-refractivity contribution in [2.24, 2.45) is 0 Å². The van der Waals surface area contributed by atoms with Gasteiger partial charge in [0, 0.05) is 23.8 Å². The molecule has 3 rings (SSSR count). The van der Waals surface area contributed by atoms with Crippen LogP contribution in [0.5, 0.6) is 11.5 Å². The van der Waals surface area contributed by atoms with E-state index in [1.54, 1.807) is 0 Å². The number of rotatable bonds is 12. The minimum atomic E-state index is -0.779. The van der Waals surface area contributed by atoms with Crippen LogP contribution >= 0.6 is 0 Å². The summed E-state index contributed by atoms with van der Waals surface area (Å²) in [6.07, 6.45) is 2.39. The van der Waals surface area contributed by atoms with E-state index in [2.05, 4.69) is 70.2 Å². The van der Waals surface area contributed by atoms with Crippen molar-refractivity contribution < 1.29 is 19.4 Å². The van der Waals surface area contributed by atoms with Crippen LogP contribution in [-0.4, -0.2) is 23.8 Å². The zero-order chi connectivity index (χ0) is 25.4. The first-order valence-electron chi connectivity index (χ1n) is 12.5. The standard InChI is InChI=1S/C31H38O4/c1-6-24-12-16-29(28(21-24)31(4,5)26-10-8-7-9-11-26)35-23(3)18-19-34-27-15-13-25(22(2)20-27)14-17-30(32)33/h7-13,15-16,20-21,23H,6,14,17-19H2,1-5H3,(H,32,33)/t23-/m1/s1. The van der Waals surface area contributed by atoms with Crippen LogP contribution in [0.1, 0.15) is 68.4 Å². The van der Waals surface area contributed by atoms with Gasteiger partial charge in [0.05, 0.1) is 12.7 Å². The molecular weight excluding hydrogens is 436 g/mol. The van der Waals surface area contributed by atoms with Crippen LogP contribution in [0.15, 0.2) is 66.7 Å². The second-order valence-electron chi connectivity index (χ2n) is 9.72. The molecular formula is C31H38O4. The molecule has 35 heavy (non-hydrogen) atoms. The number of carboxylic acid groups (broad SMARTS) is 1. The third kappa shape index (κ3) is 7.11. The zero-order valence-electron chi connectivity index (χ0n) is 21.6. The van der Waals surface area contributed by atoms with E-state index in [4.69, 9.17) is 14.6 Å². The molecule has 4 heteroatoms. The summed E-state index contributed by atoms with van der Waals surface area (Å²) < 4.78 is 12.4. The fourth-order valence-electron chi connectivity index (χ4n) is 4.30. The van der Waals surface area contributed by atoms with Gasteiger partial charge in [0.2, 0.25) is 0 Å². The quantitative estimate of drug-likeness (QED) is 0.303. The normalized spacial score (nSPS) is 12.3. The first kappa shape index (κ1) is 26.3. The average Bonchev–Trinajstić information content (AvgIpc) is 2.84. The largest absolute Gasteiger partial charge is 0.493 e. The lowest BCUT2D eigenvalue weighted by Gasteiger charge is -2.30. The summed E-state index contributed by atoms with van der Waals surface area (Å²) in [6.45, 7) is 11.3. The number of benzene rings is 3. The summed E-state index contributed by atoms with van der Waals surface area (Å²) in [5, 5.41) is 8.90. The van der Waals surface area contributed by atoms with Gasteiger partial charge in [0.1, 0.15) is 11.5 Å². The lowest BCUT2D eigenvalue weighted by molar-refractivity contribution is -0.136. The summed E-state index contributed by atoms with van der Waals surface area (Å²) in [5.41, 5.74) is 5.67. The summed E-state index contributed by atoms with van der Waals surface area (Å²) in [7, 11) is 0. The van der Waals surface area contributed by atoms with Crippen LogP contribution in [0.2, 0.25) is 0 Å². The van der Waals surface area contributed by atoms with Gasteiger partial charge in [-0.1, -0.05) is 69.3 Å². The van der Waals surface area contributed by atoms with Crippen molar-refractivity contribution in [2.75, 3.05) is 6.61 Å². The SMILES string of the molecule is CCc1ccc(O[C@H](C)CCOc2ccc(CCC(=O)O)c(C)c2)c(C(C)(C)c2ccccc2)c1. The molecule has 0 bridgehead atoms. The number of hydrogen-bond acceptors (Lipinski definition) is 3. The van der Waals surface area contributed by atoms with Crippen molar-refractivity contribution in [1.82, 2.24) is 0 Å². The van der Waals surface area contributed by atoms with E-state index in [9.17, 15) is 4.79 Å². The molecule has 0 saturated heterocycles. The first-order valence-corrected chi connectivity index (χ1v) is 12.5. The Hall–Kier alpha value is -3.27. The molecule has 4 nitrogen and oxygen atoms in total. The van der Waals surface area contributed by atoms with E-state index in [0.717, 1.165) is 35.5 Å². The monoisotopic (exact) mass is 474 g/mol. The van der Waals surface area contributed by atoms with Crippen molar-refractivity contribution >= 4 is 5.97 Å². The molecule has 3 aromatic rings. The maximum absolute atomic E-state index is 10.8. The molecule has 0 unspecified atom stereocenters. The number of aliphatic carboxylic acids is 1. The van der Waals surface area contributed by atoms with Gasteiger partial charge >= 0.3 is 5.97 Å². The van der Waals surface area contributed by atoms with Crippen molar-refractivity contribution in [2.45, 2.75) is 71.8 Å². The smallest absolute Gasteiger partial charge is 0.303 e. The Morgan fingerprint density at radius 3 is 2.43 bits per heavy atom. The Morgan fingerprint density at radius 1 is 1.03 bits per heavy atom. The van der Waals surface area contributed by atoms with E-state index in [-0.39, 0.29) is 17.9 Å².